The molecule has 9 heteroatoms. The highest BCUT2D eigenvalue weighted by atomic mass is 19.1. The van der Waals surface area contributed by atoms with E-state index in [0.717, 1.165) is 43.2 Å². The van der Waals surface area contributed by atoms with Crippen molar-refractivity contribution in [1.29, 1.82) is 0 Å². The van der Waals surface area contributed by atoms with Gasteiger partial charge in [-0.15, -0.1) is 6.42 Å². The van der Waals surface area contributed by atoms with Crippen LogP contribution in [0.2, 0.25) is 0 Å². The number of hydrogen-bond donors (Lipinski definition) is 1. The molecule has 0 radical (unpaired) electrons. The van der Waals surface area contributed by atoms with Crippen LogP contribution in [-0.2, 0) is 0 Å². The van der Waals surface area contributed by atoms with Gasteiger partial charge in [0.05, 0.1) is 10.9 Å². The smallest absolute Gasteiger partial charge is 0.319 e. The van der Waals surface area contributed by atoms with E-state index in [9.17, 15) is 9.50 Å². The average molecular weight is 582 g/mol. The topological polar surface area (TPSA) is 74.6 Å². The van der Waals surface area contributed by atoms with Gasteiger partial charge in [0.1, 0.15) is 41.3 Å². The number of hydrogen-bond acceptors (Lipinski definition) is 7. The molecule has 1 saturated carbocycles. The zero-order valence-electron chi connectivity index (χ0n) is 23.9. The molecule has 4 fully saturated rings. The number of anilines is 1. The third kappa shape index (κ3) is 4.37. The van der Waals surface area contributed by atoms with E-state index in [1.165, 1.54) is 25.3 Å². The van der Waals surface area contributed by atoms with E-state index in [1.54, 1.807) is 6.07 Å². The summed E-state index contributed by atoms with van der Waals surface area (Å²) < 4.78 is 37.5. The molecular weight excluding hydrogens is 548 g/mol. The molecule has 1 aliphatic carbocycles. The maximum atomic E-state index is 16.8. The molecule has 43 heavy (non-hydrogen) atoms. The van der Waals surface area contributed by atoms with Crippen LogP contribution >= 0.6 is 0 Å². The van der Waals surface area contributed by atoms with Crippen LogP contribution < -0.4 is 9.64 Å². The van der Waals surface area contributed by atoms with Gasteiger partial charge in [0.2, 0.25) is 0 Å². The lowest BCUT2D eigenvalue weighted by Crippen LogP contribution is -2.43. The molecule has 3 aliphatic heterocycles. The van der Waals surface area contributed by atoms with Gasteiger partial charge < -0.3 is 14.7 Å². The summed E-state index contributed by atoms with van der Waals surface area (Å²) >= 11 is 0. The lowest BCUT2D eigenvalue weighted by atomic mass is 9.95. The van der Waals surface area contributed by atoms with Crippen LogP contribution in [0.15, 0.2) is 36.4 Å². The number of halogens is 2. The zero-order chi connectivity index (χ0) is 29.3. The molecule has 5 heterocycles. The van der Waals surface area contributed by atoms with Crippen molar-refractivity contribution in [2.75, 3.05) is 37.7 Å². The molecule has 4 atom stereocenters. The SMILES string of the molecule is C#Cc1nc(-c2cc(O)cc3ccccc23)c(F)c2nc(OC[C@@]34CCCN3C[C@H](F)C4)nc(N3CC4CCC(C4)C3)c12. The van der Waals surface area contributed by atoms with E-state index in [-0.39, 0.29) is 35.3 Å². The summed E-state index contributed by atoms with van der Waals surface area (Å²) in [6.45, 7) is 3.10. The van der Waals surface area contributed by atoms with Crippen molar-refractivity contribution in [2.24, 2.45) is 11.8 Å². The number of alkyl halides is 1. The van der Waals surface area contributed by atoms with Crippen LogP contribution in [0.25, 0.3) is 32.9 Å². The number of pyridine rings is 1. The minimum atomic E-state index is -0.887. The van der Waals surface area contributed by atoms with Crippen molar-refractivity contribution < 1.29 is 18.6 Å². The first-order chi connectivity index (χ1) is 20.9. The third-order valence-corrected chi connectivity index (χ3v) is 10.1. The Bertz CT molecular complexity index is 1800. The van der Waals surface area contributed by atoms with Gasteiger partial charge in [0.25, 0.3) is 0 Å². The highest BCUT2D eigenvalue weighted by molar-refractivity contribution is 6.01. The monoisotopic (exact) mass is 581 g/mol. The molecule has 8 rings (SSSR count). The first-order valence-electron chi connectivity index (χ1n) is 15.3. The van der Waals surface area contributed by atoms with E-state index in [1.807, 2.05) is 24.3 Å². The summed E-state index contributed by atoms with van der Waals surface area (Å²) in [5, 5.41) is 12.4. The van der Waals surface area contributed by atoms with Gasteiger partial charge in [0.15, 0.2) is 5.82 Å². The summed E-state index contributed by atoms with van der Waals surface area (Å²) in [5.41, 5.74) is 0.326. The Kier molecular flexibility index (Phi) is 6.19. The predicted molar refractivity (Wildman–Crippen MR) is 161 cm³/mol. The number of aromatic nitrogens is 3. The number of piperidine rings is 1. The molecule has 1 N–H and O–H groups in total. The fraction of sp³-hybridized carbons (Fsp3) is 0.441. The predicted octanol–water partition coefficient (Wildman–Crippen LogP) is 5.86. The minimum Gasteiger partial charge on any atom is -0.508 e. The molecule has 2 aromatic carbocycles. The molecule has 0 amide bonds. The Morgan fingerprint density at radius 1 is 1.09 bits per heavy atom. The molecule has 0 spiro atoms. The highest BCUT2D eigenvalue weighted by Crippen LogP contribution is 2.43. The summed E-state index contributed by atoms with van der Waals surface area (Å²) in [7, 11) is 0. The number of fused-ring (bicyclic) bond motifs is 5. The lowest BCUT2D eigenvalue weighted by molar-refractivity contribution is 0.107. The molecule has 3 saturated heterocycles. The highest BCUT2D eigenvalue weighted by Gasteiger charge is 2.49. The van der Waals surface area contributed by atoms with E-state index < -0.39 is 17.5 Å². The van der Waals surface area contributed by atoms with Crippen LogP contribution in [0.5, 0.6) is 11.8 Å². The van der Waals surface area contributed by atoms with Gasteiger partial charge in [-0.3, -0.25) is 4.90 Å². The zero-order valence-corrected chi connectivity index (χ0v) is 23.9. The Hall–Kier alpha value is -4.03. The van der Waals surface area contributed by atoms with Crippen molar-refractivity contribution in [2.45, 2.75) is 50.2 Å². The number of terminal acetylenes is 1. The molecule has 2 bridgehead atoms. The molecule has 220 valence electrons. The van der Waals surface area contributed by atoms with Gasteiger partial charge in [-0.25, -0.2) is 13.8 Å². The molecule has 7 nitrogen and oxygen atoms in total. The number of rotatable bonds is 5. The number of phenolic OH excluding ortho intramolecular Hbond substituents is 1. The van der Waals surface area contributed by atoms with Crippen molar-refractivity contribution >= 4 is 27.5 Å². The van der Waals surface area contributed by atoms with Crippen molar-refractivity contribution in [3.8, 4) is 35.4 Å². The maximum absolute atomic E-state index is 16.8. The van der Waals surface area contributed by atoms with Crippen molar-refractivity contribution in [3.05, 3.63) is 47.9 Å². The standard InChI is InChI=1S/C34H33F2N5O2/c1-2-27-28-31(29(36)30(37-27)26-14-24(42)13-22-6-3-4-7-25(22)26)38-33(39-32(28)40-16-20-8-9-21(12-20)17-40)43-19-34-10-5-11-41(34)18-23(35)15-34/h1,3-4,6-7,13-14,20-21,23,42H,5,8-12,15-19H2/t20?,21?,23-,34+/m1/s1. The van der Waals surface area contributed by atoms with Crippen LogP contribution in [0.4, 0.5) is 14.6 Å². The van der Waals surface area contributed by atoms with Crippen LogP contribution in [0.1, 0.15) is 44.2 Å². The van der Waals surface area contributed by atoms with E-state index >= 15 is 4.39 Å². The lowest BCUT2D eigenvalue weighted by Gasteiger charge is -2.34. The van der Waals surface area contributed by atoms with Crippen molar-refractivity contribution in [3.63, 3.8) is 0 Å². The number of ether oxygens (including phenoxy) is 1. The second-order valence-corrected chi connectivity index (χ2v) is 12.8. The van der Waals surface area contributed by atoms with Gasteiger partial charge in [0, 0.05) is 31.6 Å². The fourth-order valence-corrected chi connectivity index (χ4v) is 8.23. The largest absolute Gasteiger partial charge is 0.508 e. The average Bonchev–Trinajstić information content (AvgIpc) is 3.66. The van der Waals surface area contributed by atoms with Crippen LogP contribution in [-0.4, -0.2) is 69.5 Å². The summed E-state index contributed by atoms with van der Waals surface area (Å²) in [5.74, 6) is 3.66. The van der Waals surface area contributed by atoms with Gasteiger partial charge >= 0.3 is 6.01 Å². The van der Waals surface area contributed by atoms with Crippen LogP contribution in [0, 0.1) is 30.0 Å². The number of aromatic hydroxyl groups is 1. The van der Waals surface area contributed by atoms with Gasteiger partial charge in [-0.1, -0.05) is 24.3 Å². The quantitative estimate of drug-likeness (QED) is 0.296. The number of benzene rings is 2. The van der Waals surface area contributed by atoms with E-state index in [2.05, 4.69) is 25.7 Å². The first-order valence-corrected chi connectivity index (χ1v) is 15.3. The molecule has 4 aromatic rings. The van der Waals surface area contributed by atoms with Crippen molar-refractivity contribution in [1.82, 2.24) is 19.9 Å². The Labute approximate surface area is 248 Å². The van der Waals surface area contributed by atoms with Crippen LogP contribution in [0.3, 0.4) is 0 Å². The summed E-state index contributed by atoms with van der Waals surface area (Å²) in [6.07, 6.45) is 10.9. The Balaban J connectivity index is 1.30. The number of phenols is 1. The fourth-order valence-electron chi connectivity index (χ4n) is 8.23. The summed E-state index contributed by atoms with van der Waals surface area (Å²) in [6, 6.07) is 10.6. The van der Waals surface area contributed by atoms with E-state index in [0.29, 0.717) is 41.6 Å². The van der Waals surface area contributed by atoms with Gasteiger partial charge in [-0.2, -0.15) is 9.97 Å². The molecular formula is C34H33F2N5O2. The van der Waals surface area contributed by atoms with E-state index in [4.69, 9.17) is 16.1 Å². The first kappa shape index (κ1) is 26.6. The Morgan fingerprint density at radius 2 is 1.91 bits per heavy atom. The molecule has 2 aromatic heterocycles. The number of nitrogens with zero attached hydrogens (tertiary/aromatic N) is 5. The molecule has 2 unspecified atom stereocenters. The Morgan fingerprint density at radius 3 is 2.72 bits per heavy atom. The second kappa shape index (κ2) is 10.0. The summed E-state index contributed by atoms with van der Waals surface area (Å²) in [4.78, 5) is 18.5. The van der Waals surface area contributed by atoms with Gasteiger partial charge in [-0.05, 0) is 79.3 Å². The third-order valence-electron chi connectivity index (χ3n) is 10.1. The maximum Gasteiger partial charge on any atom is 0.319 e. The normalized spacial score (nSPS) is 26.7. The minimum absolute atomic E-state index is 0.00319. The second-order valence-electron chi connectivity index (χ2n) is 12.8. The molecule has 4 aliphatic rings.